The van der Waals surface area contributed by atoms with Gasteiger partial charge in [-0.25, -0.2) is 4.39 Å². The van der Waals surface area contributed by atoms with Crippen molar-refractivity contribution in [3.8, 4) is 5.75 Å². The Bertz CT molecular complexity index is 519. The Balaban J connectivity index is 1.69. The molecule has 0 saturated carbocycles. The summed E-state index contributed by atoms with van der Waals surface area (Å²) in [7, 11) is 0. The van der Waals surface area contributed by atoms with Crippen LogP contribution in [-0.4, -0.2) is 54.3 Å². The molecule has 1 heterocycles. The number of nitrogens with one attached hydrogen (secondary N) is 1. The van der Waals surface area contributed by atoms with E-state index in [-0.39, 0.29) is 17.8 Å². The average Bonchev–Trinajstić information content (AvgIpc) is 2.59. The number of halogens is 1. The molecule has 1 aromatic carbocycles. The first-order valence-corrected chi connectivity index (χ1v) is 8.69. The number of hydrogen-bond donors (Lipinski definition) is 2. The summed E-state index contributed by atoms with van der Waals surface area (Å²) in [6, 6.07) is 6.10. The van der Waals surface area contributed by atoms with Crippen molar-refractivity contribution in [2.75, 3.05) is 26.2 Å². The minimum atomic E-state index is -0.688. The quantitative estimate of drug-likeness (QED) is 0.711. The van der Waals surface area contributed by atoms with Crippen LogP contribution in [0.3, 0.4) is 0 Å². The third kappa shape index (κ3) is 5.76. The van der Waals surface area contributed by atoms with Crippen molar-refractivity contribution in [2.45, 2.75) is 44.8 Å². The molecule has 1 saturated heterocycles. The zero-order valence-corrected chi connectivity index (χ0v) is 14.2. The Hall–Kier alpha value is -1.66. The van der Waals surface area contributed by atoms with Gasteiger partial charge in [0, 0.05) is 19.6 Å². The van der Waals surface area contributed by atoms with Crippen LogP contribution in [0.25, 0.3) is 0 Å². The zero-order valence-electron chi connectivity index (χ0n) is 14.2. The lowest BCUT2D eigenvalue weighted by molar-refractivity contribution is -0.128. The number of rotatable bonds is 8. The second-order valence-electron chi connectivity index (χ2n) is 6.16. The molecule has 2 N–H and O–H groups in total. The van der Waals surface area contributed by atoms with E-state index in [0.717, 1.165) is 38.9 Å². The Labute approximate surface area is 142 Å². The summed E-state index contributed by atoms with van der Waals surface area (Å²) >= 11 is 0. The Kier molecular flexibility index (Phi) is 7.46. The number of benzene rings is 1. The smallest absolute Gasteiger partial charge is 0.261 e. The molecule has 1 aliphatic rings. The normalized spacial score (nSPS) is 17.5. The van der Waals surface area contributed by atoms with Crippen LogP contribution in [0.15, 0.2) is 24.3 Å². The summed E-state index contributed by atoms with van der Waals surface area (Å²) in [6.45, 7) is 5.11. The van der Waals surface area contributed by atoms with E-state index in [1.54, 1.807) is 12.1 Å². The molecule has 5 nitrogen and oxygen atoms in total. The Morgan fingerprint density at radius 2 is 2.12 bits per heavy atom. The van der Waals surface area contributed by atoms with Crippen LogP contribution in [0.2, 0.25) is 0 Å². The number of piperidine rings is 1. The summed E-state index contributed by atoms with van der Waals surface area (Å²) in [5, 5.41) is 12.3. The van der Waals surface area contributed by atoms with Crippen LogP contribution in [0, 0.1) is 5.82 Å². The van der Waals surface area contributed by atoms with E-state index < -0.39 is 11.9 Å². The second-order valence-corrected chi connectivity index (χ2v) is 6.16. The van der Waals surface area contributed by atoms with E-state index in [2.05, 4.69) is 10.2 Å². The highest BCUT2D eigenvalue weighted by atomic mass is 19.1. The highest BCUT2D eigenvalue weighted by molar-refractivity contribution is 5.81. The van der Waals surface area contributed by atoms with E-state index >= 15 is 0 Å². The van der Waals surface area contributed by atoms with Crippen molar-refractivity contribution in [3.63, 3.8) is 0 Å². The fourth-order valence-corrected chi connectivity index (χ4v) is 2.79. The van der Waals surface area contributed by atoms with E-state index in [1.807, 2.05) is 6.92 Å². The number of para-hydroxylation sites is 1. The third-order valence-corrected chi connectivity index (χ3v) is 4.28. The van der Waals surface area contributed by atoms with Gasteiger partial charge in [0.25, 0.3) is 5.91 Å². The van der Waals surface area contributed by atoms with Crippen LogP contribution in [0.1, 0.15) is 32.6 Å². The van der Waals surface area contributed by atoms with Gasteiger partial charge < -0.3 is 20.1 Å². The van der Waals surface area contributed by atoms with Gasteiger partial charge in [-0.1, -0.05) is 19.1 Å². The molecule has 0 spiro atoms. The SMILES string of the molecule is CCC(Oc1ccccc1F)C(=O)NCCCN1CCC(O)CC1. The van der Waals surface area contributed by atoms with E-state index in [4.69, 9.17) is 4.74 Å². The number of aliphatic hydroxyl groups excluding tert-OH is 1. The van der Waals surface area contributed by atoms with Crippen LogP contribution in [0.4, 0.5) is 4.39 Å². The van der Waals surface area contributed by atoms with Crippen molar-refractivity contribution in [1.29, 1.82) is 0 Å². The average molecular weight is 338 g/mol. The Morgan fingerprint density at radius 1 is 1.42 bits per heavy atom. The van der Waals surface area contributed by atoms with Gasteiger partial charge in [0.15, 0.2) is 17.7 Å². The first-order chi connectivity index (χ1) is 11.6. The number of hydrogen-bond acceptors (Lipinski definition) is 4. The second kappa shape index (κ2) is 9.59. The predicted molar refractivity (Wildman–Crippen MR) is 90.4 cm³/mol. The maximum Gasteiger partial charge on any atom is 0.261 e. The van der Waals surface area contributed by atoms with Crippen molar-refractivity contribution in [1.82, 2.24) is 10.2 Å². The van der Waals surface area contributed by atoms with E-state index in [1.165, 1.54) is 12.1 Å². The molecule has 0 bridgehead atoms. The van der Waals surface area contributed by atoms with Gasteiger partial charge in [0.05, 0.1) is 6.10 Å². The van der Waals surface area contributed by atoms with Gasteiger partial charge in [0.2, 0.25) is 0 Å². The third-order valence-electron chi connectivity index (χ3n) is 4.28. The molecule has 1 fully saturated rings. The number of likely N-dealkylation sites (tertiary alicyclic amines) is 1. The fraction of sp³-hybridized carbons (Fsp3) is 0.611. The van der Waals surface area contributed by atoms with Gasteiger partial charge in [-0.2, -0.15) is 0 Å². The number of carbonyl (C=O) groups excluding carboxylic acids is 1. The van der Waals surface area contributed by atoms with Crippen LogP contribution >= 0.6 is 0 Å². The minimum Gasteiger partial charge on any atom is -0.478 e. The molecule has 1 amide bonds. The number of amides is 1. The molecule has 1 aliphatic heterocycles. The molecule has 134 valence electrons. The molecular formula is C18H27FN2O3. The van der Waals surface area contributed by atoms with Crippen LogP contribution in [-0.2, 0) is 4.79 Å². The molecule has 6 heteroatoms. The first kappa shape index (κ1) is 18.7. The van der Waals surface area contributed by atoms with Gasteiger partial charge in [-0.3, -0.25) is 4.79 Å². The summed E-state index contributed by atoms with van der Waals surface area (Å²) in [5.74, 6) is -0.572. The topological polar surface area (TPSA) is 61.8 Å². The monoisotopic (exact) mass is 338 g/mol. The fourth-order valence-electron chi connectivity index (χ4n) is 2.79. The van der Waals surface area contributed by atoms with Gasteiger partial charge in [-0.15, -0.1) is 0 Å². The van der Waals surface area contributed by atoms with Gasteiger partial charge >= 0.3 is 0 Å². The summed E-state index contributed by atoms with van der Waals surface area (Å²) in [6.07, 6.45) is 2.11. The lowest BCUT2D eigenvalue weighted by Gasteiger charge is -2.29. The molecule has 0 aromatic heterocycles. The minimum absolute atomic E-state index is 0.103. The first-order valence-electron chi connectivity index (χ1n) is 8.69. The molecule has 24 heavy (non-hydrogen) atoms. The van der Waals surface area contributed by atoms with Crippen LogP contribution in [0.5, 0.6) is 5.75 Å². The summed E-state index contributed by atoms with van der Waals surface area (Å²) in [5.41, 5.74) is 0. The van der Waals surface area contributed by atoms with Crippen molar-refractivity contribution >= 4 is 5.91 Å². The predicted octanol–water partition coefficient (Wildman–Crippen LogP) is 1.95. The number of carbonyl (C=O) groups is 1. The highest BCUT2D eigenvalue weighted by Crippen LogP contribution is 2.18. The van der Waals surface area contributed by atoms with E-state index in [9.17, 15) is 14.3 Å². The Morgan fingerprint density at radius 3 is 2.79 bits per heavy atom. The standard InChI is InChI=1S/C18H27FN2O3/c1-2-16(24-17-7-4-3-6-15(17)19)18(23)20-10-5-11-21-12-8-14(22)9-13-21/h3-4,6-7,14,16,22H,2,5,8-13H2,1H3,(H,20,23). The summed E-state index contributed by atoms with van der Waals surface area (Å²) in [4.78, 5) is 14.5. The summed E-state index contributed by atoms with van der Waals surface area (Å²) < 4.78 is 19.1. The number of aliphatic hydroxyl groups is 1. The maximum atomic E-state index is 13.6. The lowest BCUT2D eigenvalue weighted by atomic mass is 10.1. The van der Waals surface area contributed by atoms with E-state index in [0.29, 0.717) is 13.0 Å². The maximum absolute atomic E-state index is 13.6. The van der Waals surface area contributed by atoms with Crippen molar-refractivity contribution < 1.29 is 19.0 Å². The number of nitrogens with zero attached hydrogens (tertiary/aromatic N) is 1. The molecule has 1 aromatic rings. The van der Waals surface area contributed by atoms with Crippen LogP contribution < -0.4 is 10.1 Å². The molecule has 1 unspecified atom stereocenters. The largest absolute Gasteiger partial charge is 0.478 e. The highest BCUT2D eigenvalue weighted by Gasteiger charge is 2.20. The molecule has 0 aliphatic carbocycles. The van der Waals surface area contributed by atoms with Gasteiger partial charge in [0.1, 0.15) is 0 Å². The molecule has 2 rings (SSSR count). The lowest BCUT2D eigenvalue weighted by Crippen LogP contribution is -2.40. The van der Waals surface area contributed by atoms with Crippen molar-refractivity contribution in [2.24, 2.45) is 0 Å². The zero-order chi connectivity index (χ0) is 17.4. The molecule has 0 radical (unpaired) electrons. The molecule has 1 atom stereocenters. The molecular weight excluding hydrogens is 311 g/mol. The van der Waals surface area contributed by atoms with Crippen molar-refractivity contribution in [3.05, 3.63) is 30.1 Å². The van der Waals surface area contributed by atoms with Gasteiger partial charge in [-0.05, 0) is 44.4 Å². The number of ether oxygens (including phenoxy) is 1.